The summed E-state index contributed by atoms with van der Waals surface area (Å²) in [4.78, 5) is 16.1. The van der Waals surface area contributed by atoms with Crippen molar-refractivity contribution in [3.63, 3.8) is 0 Å². The molecule has 1 aromatic carbocycles. The number of hydrogen-bond acceptors (Lipinski definition) is 5. The molecule has 96 valence electrons. The number of hydrogen-bond donors (Lipinski definition) is 1. The van der Waals surface area contributed by atoms with Crippen LogP contribution in [0.5, 0.6) is 0 Å². The lowest BCUT2D eigenvalue weighted by atomic mass is 10.2. The summed E-state index contributed by atoms with van der Waals surface area (Å²) in [5, 5.41) is 0. The lowest BCUT2D eigenvalue weighted by Crippen LogP contribution is -1.92. The van der Waals surface area contributed by atoms with Crippen molar-refractivity contribution in [2.45, 2.75) is 0 Å². The van der Waals surface area contributed by atoms with Gasteiger partial charge in [0.15, 0.2) is 0 Å². The third-order valence-electron chi connectivity index (χ3n) is 1.37. The maximum atomic E-state index is 10.3. The molecular formula is C10H15O6P. The highest BCUT2D eigenvalue weighted by Crippen LogP contribution is 2.42. The molecule has 7 heteroatoms. The zero-order valence-electron chi connectivity index (χ0n) is 9.61. The van der Waals surface area contributed by atoms with E-state index in [1.165, 1.54) is 5.56 Å². The van der Waals surface area contributed by atoms with Crippen LogP contribution in [0.1, 0.15) is 5.56 Å². The Balaban J connectivity index is 0.000000302. The third-order valence-corrected chi connectivity index (χ3v) is 2.05. The predicted molar refractivity (Wildman–Crippen MR) is 62.5 cm³/mol. The summed E-state index contributed by atoms with van der Waals surface area (Å²) in [5.74, 6) is 0. The van der Waals surface area contributed by atoms with Crippen molar-refractivity contribution < 1.29 is 28.6 Å². The van der Waals surface area contributed by atoms with Crippen LogP contribution < -0.4 is 0 Å². The second kappa shape index (κ2) is 9.07. The number of phosphoric acid groups is 1. The molecule has 0 heterocycles. The monoisotopic (exact) mass is 262 g/mol. The molecule has 0 aliphatic heterocycles. The zero-order chi connectivity index (χ0) is 13.1. The molecule has 0 aliphatic carbocycles. The minimum absolute atomic E-state index is 1.07. The number of rotatable bonds is 5. The van der Waals surface area contributed by atoms with Crippen LogP contribution in [-0.2, 0) is 23.7 Å². The van der Waals surface area contributed by atoms with Crippen molar-refractivity contribution in [2.75, 3.05) is 14.2 Å². The maximum Gasteiger partial charge on any atom is 0.526 e. The zero-order valence-corrected chi connectivity index (χ0v) is 10.5. The quantitative estimate of drug-likeness (QED) is 0.499. The van der Waals surface area contributed by atoms with Crippen molar-refractivity contribution in [3.8, 4) is 0 Å². The van der Waals surface area contributed by atoms with Crippen LogP contribution >= 0.6 is 7.82 Å². The van der Waals surface area contributed by atoms with Gasteiger partial charge in [0, 0.05) is 0 Å². The summed E-state index contributed by atoms with van der Waals surface area (Å²) in [6.07, 6.45) is 1.83. The van der Waals surface area contributed by atoms with Gasteiger partial charge in [-0.2, -0.15) is 0 Å². The molecule has 0 spiro atoms. The SMILES string of the molecule is C=Cc1ccccc1.COOP(=O)(O)OOC. The molecule has 0 amide bonds. The van der Waals surface area contributed by atoms with Crippen molar-refractivity contribution in [2.24, 2.45) is 0 Å². The third kappa shape index (κ3) is 8.76. The van der Waals surface area contributed by atoms with Gasteiger partial charge in [-0.25, -0.2) is 14.3 Å². The summed E-state index contributed by atoms with van der Waals surface area (Å²) in [6, 6.07) is 10.0. The molecule has 0 unspecified atom stereocenters. The van der Waals surface area contributed by atoms with E-state index in [-0.39, 0.29) is 0 Å². The highest BCUT2D eigenvalue weighted by molar-refractivity contribution is 7.47. The average molecular weight is 262 g/mol. The van der Waals surface area contributed by atoms with E-state index in [9.17, 15) is 4.57 Å². The second-order valence-corrected chi connectivity index (χ2v) is 3.80. The Kier molecular flexibility index (Phi) is 8.53. The molecule has 6 nitrogen and oxygen atoms in total. The molecule has 0 aliphatic rings. The lowest BCUT2D eigenvalue weighted by Gasteiger charge is -2.04. The van der Waals surface area contributed by atoms with E-state index in [1.54, 1.807) is 0 Å². The molecule has 0 aromatic heterocycles. The minimum atomic E-state index is -4.14. The van der Waals surface area contributed by atoms with E-state index in [1.807, 2.05) is 36.4 Å². The first-order valence-corrected chi connectivity index (χ1v) is 6.00. The fourth-order valence-electron chi connectivity index (χ4n) is 0.790. The Morgan fingerprint density at radius 1 is 1.18 bits per heavy atom. The van der Waals surface area contributed by atoms with Crippen molar-refractivity contribution in [1.82, 2.24) is 0 Å². The standard InChI is InChI=1S/C8H8.C2H7O6P/c1-2-8-6-4-3-5-7-8;1-5-7-9(3,4)8-6-2/h2-7H,1H2;1-2H3,(H,3,4). The van der Waals surface area contributed by atoms with E-state index < -0.39 is 7.82 Å². The Bertz CT molecular complexity index is 343. The first kappa shape index (κ1) is 16.0. The summed E-state index contributed by atoms with van der Waals surface area (Å²) >= 11 is 0. The van der Waals surface area contributed by atoms with Gasteiger partial charge in [0.05, 0.1) is 14.2 Å². The van der Waals surface area contributed by atoms with Gasteiger partial charge < -0.3 is 0 Å². The van der Waals surface area contributed by atoms with Gasteiger partial charge in [-0.1, -0.05) is 43.0 Å². The normalized spacial score (nSPS) is 10.3. The highest BCUT2D eigenvalue weighted by Gasteiger charge is 2.22. The highest BCUT2D eigenvalue weighted by atomic mass is 31.2. The molecule has 1 rings (SSSR count). The van der Waals surface area contributed by atoms with E-state index in [0.29, 0.717) is 0 Å². The molecule has 0 saturated carbocycles. The topological polar surface area (TPSA) is 74.2 Å². The van der Waals surface area contributed by atoms with Crippen molar-refractivity contribution in [3.05, 3.63) is 42.5 Å². The van der Waals surface area contributed by atoms with E-state index in [2.05, 4.69) is 25.7 Å². The molecule has 17 heavy (non-hydrogen) atoms. The smallest absolute Gasteiger partial charge is 0.299 e. The molecule has 0 bridgehead atoms. The molecule has 0 atom stereocenters. The molecule has 0 fully saturated rings. The van der Waals surface area contributed by atoms with Gasteiger partial charge in [0.25, 0.3) is 0 Å². The molecule has 0 radical (unpaired) electrons. The summed E-state index contributed by atoms with van der Waals surface area (Å²) in [6.45, 7) is 3.63. The Labute approximate surface area is 99.9 Å². The summed E-state index contributed by atoms with van der Waals surface area (Å²) < 4.78 is 17.7. The fraction of sp³-hybridized carbons (Fsp3) is 0.200. The first-order valence-electron chi connectivity index (χ1n) is 4.51. The molecule has 0 saturated heterocycles. The second-order valence-electron chi connectivity index (χ2n) is 2.57. The fourth-order valence-corrected chi connectivity index (χ4v) is 1.19. The van der Waals surface area contributed by atoms with Crippen molar-refractivity contribution in [1.29, 1.82) is 0 Å². The molecule has 1 aromatic rings. The van der Waals surface area contributed by atoms with E-state index in [4.69, 9.17) is 4.89 Å². The van der Waals surface area contributed by atoms with E-state index in [0.717, 1.165) is 14.2 Å². The van der Waals surface area contributed by atoms with Gasteiger partial charge in [-0.05, 0) is 5.56 Å². The van der Waals surface area contributed by atoms with Crippen LogP contribution in [0, 0.1) is 0 Å². The van der Waals surface area contributed by atoms with Crippen molar-refractivity contribution >= 4 is 13.9 Å². The predicted octanol–water partition coefficient (Wildman–Crippen LogP) is 2.57. The van der Waals surface area contributed by atoms with E-state index >= 15 is 0 Å². The van der Waals surface area contributed by atoms with Crippen LogP contribution in [-0.4, -0.2) is 19.1 Å². The summed E-state index contributed by atoms with van der Waals surface area (Å²) in [5.41, 5.74) is 1.17. The van der Waals surface area contributed by atoms with Gasteiger partial charge in [-0.3, -0.25) is 4.89 Å². The first-order chi connectivity index (χ1) is 8.05. The van der Waals surface area contributed by atoms with Crippen LogP contribution in [0.4, 0.5) is 0 Å². The van der Waals surface area contributed by atoms with Gasteiger partial charge in [-0.15, -0.1) is 9.35 Å². The lowest BCUT2D eigenvalue weighted by molar-refractivity contribution is -0.255. The number of benzene rings is 1. The largest absolute Gasteiger partial charge is 0.526 e. The van der Waals surface area contributed by atoms with Gasteiger partial charge >= 0.3 is 7.82 Å². The average Bonchev–Trinajstić information content (AvgIpc) is 2.31. The Hall–Kier alpha value is -1.01. The maximum absolute atomic E-state index is 10.3. The minimum Gasteiger partial charge on any atom is -0.299 e. The van der Waals surface area contributed by atoms with Gasteiger partial charge in [0.2, 0.25) is 0 Å². The van der Waals surface area contributed by atoms with Crippen LogP contribution in [0.2, 0.25) is 0 Å². The van der Waals surface area contributed by atoms with Crippen LogP contribution in [0.25, 0.3) is 6.08 Å². The van der Waals surface area contributed by atoms with Crippen LogP contribution in [0.15, 0.2) is 36.9 Å². The van der Waals surface area contributed by atoms with Crippen LogP contribution in [0.3, 0.4) is 0 Å². The van der Waals surface area contributed by atoms with Gasteiger partial charge in [0.1, 0.15) is 0 Å². The molecular weight excluding hydrogens is 247 g/mol. The molecule has 1 N–H and O–H groups in total. The Morgan fingerprint density at radius 3 is 1.94 bits per heavy atom. The summed E-state index contributed by atoms with van der Waals surface area (Å²) in [7, 11) is -1.99. The Morgan fingerprint density at radius 2 is 1.65 bits per heavy atom.